The zero-order valence-corrected chi connectivity index (χ0v) is 12.2. The first-order chi connectivity index (χ1) is 8.61. The number of methoxy groups -OCH3 is 1. The first kappa shape index (κ1) is 13.6. The Hall–Kier alpha value is -0.870. The molecule has 0 bridgehead atoms. The van der Waals surface area contributed by atoms with Crippen molar-refractivity contribution in [1.82, 2.24) is 9.55 Å². The lowest BCUT2D eigenvalue weighted by Gasteiger charge is -2.24. The number of hydrogen-bond acceptors (Lipinski definition) is 3. The number of aromatic nitrogens is 2. The van der Waals surface area contributed by atoms with Gasteiger partial charge in [0.1, 0.15) is 11.6 Å². The number of aryl methyl sites for hydroxylation is 1. The minimum atomic E-state index is 0.488. The SMILES string of the molecule is C=C(Cl)C(SC1CCc2nccn2C1)=C(C)OC. The molecule has 1 aliphatic heterocycles. The number of allylic oxidation sites excluding steroid dienone is 2. The summed E-state index contributed by atoms with van der Waals surface area (Å²) < 4.78 is 7.47. The predicted octanol–water partition coefficient (Wildman–Crippen LogP) is 3.56. The lowest BCUT2D eigenvalue weighted by atomic mass is 10.1. The minimum absolute atomic E-state index is 0.488. The normalized spacial score (nSPS) is 20.1. The number of fused-ring (bicyclic) bond motifs is 1. The second kappa shape index (κ2) is 5.85. The van der Waals surface area contributed by atoms with Crippen LogP contribution < -0.4 is 0 Å². The maximum Gasteiger partial charge on any atom is 0.108 e. The molecule has 0 aromatic carbocycles. The van der Waals surface area contributed by atoms with E-state index in [9.17, 15) is 0 Å². The van der Waals surface area contributed by atoms with E-state index >= 15 is 0 Å². The molecule has 0 saturated heterocycles. The van der Waals surface area contributed by atoms with Gasteiger partial charge >= 0.3 is 0 Å². The van der Waals surface area contributed by atoms with E-state index in [4.69, 9.17) is 16.3 Å². The van der Waals surface area contributed by atoms with Crippen LogP contribution in [0.4, 0.5) is 0 Å². The van der Waals surface area contributed by atoms with Gasteiger partial charge in [-0.25, -0.2) is 4.98 Å². The lowest BCUT2D eigenvalue weighted by molar-refractivity contribution is 0.292. The molecular formula is C13H17ClN2OS. The topological polar surface area (TPSA) is 27.1 Å². The van der Waals surface area contributed by atoms with E-state index in [-0.39, 0.29) is 0 Å². The molecule has 2 heterocycles. The fourth-order valence-corrected chi connectivity index (χ4v) is 3.48. The van der Waals surface area contributed by atoms with Gasteiger partial charge < -0.3 is 9.30 Å². The molecule has 5 heteroatoms. The van der Waals surface area contributed by atoms with Gasteiger partial charge in [0.15, 0.2) is 0 Å². The van der Waals surface area contributed by atoms with Crippen LogP contribution in [0.25, 0.3) is 0 Å². The van der Waals surface area contributed by atoms with Crippen LogP contribution in [0, 0.1) is 0 Å². The Labute approximate surface area is 117 Å². The highest BCUT2D eigenvalue weighted by Crippen LogP contribution is 2.36. The first-order valence-corrected chi connectivity index (χ1v) is 7.14. The fraction of sp³-hybridized carbons (Fsp3) is 0.462. The van der Waals surface area contributed by atoms with E-state index in [0.717, 1.165) is 30.1 Å². The monoisotopic (exact) mass is 284 g/mol. The van der Waals surface area contributed by atoms with Gasteiger partial charge in [-0.2, -0.15) is 0 Å². The van der Waals surface area contributed by atoms with Crippen molar-refractivity contribution in [1.29, 1.82) is 0 Å². The minimum Gasteiger partial charge on any atom is -0.500 e. The molecule has 0 fully saturated rings. The van der Waals surface area contributed by atoms with E-state index < -0.39 is 0 Å². The summed E-state index contributed by atoms with van der Waals surface area (Å²) in [6.07, 6.45) is 6.01. The summed E-state index contributed by atoms with van der Waals surface area (Å²) in [7, 11) is 1.66. The summed E-state index contributed by atoms with van der Waals surface area (Å²) in [5, 5.41) is 1.04. The van der Waals surface area contributed by atoms with Crippen molar-refractivity contribution in [3.63, 3.8) is 0 Å². The largest absolute Gasteiger partial charge is 0.500 e. The number of halogens is 1. The molecule has 2 rings (SSSR count). The number of thioether (sulfide) groups is 1. The van der Waals surface area contributed by atoms with Gasteiger partial charge in [-0.15, -0.1) is 11.8 Å². The molecule has 1 aromatic heterocycles. The molecule has 0 aliphatic carbocycles. The lowest BCUT2D eigenvalue weighted by Crippen LogP contribution is -2.22. The molecule has 0 saturated carbocycles. The van der Waals surface area contributed by atoms with Crippen LogP contribution in [0.15, 0.2) is 34.7 Å². The number of ether oxygens (including phenoxy) is 1. The van der Waals surface area contributed by atoms with Crippen LogP contribution in [0.1, 0.15) is 19.2 Å². The van der Waals surface area contributed by atoms with E-state index in [1.54, 1.807) is 18.9 Å². The zero-order valence-electron chi connectivity index (χ0n) is 10.6. The van der Waals surface area contributed by atoms with Crippen molar-refractivity contribution >= 4 is 23.4 Å². The first-order valence-electron chi connectivity index (χ1n) is 5.88. The third kappa shape index (κ3) is 2.93. The third-order valence-corrected chi connectivity index (χ3v) is 4.84. The summed E-state index contributed by atoms with van der Waals surface area (Å²) >= 11 is 7.79. The fourth-order valence-electron chi connectivity index (χ4n) is 2.03. The molecule has 0 amide bonds. The maximum atomic E-state index is 6.04. The summed E-state index contributed by atoms with van der Waals surface area (Å²) in [6, 6.07) is 0. The summed E-state index contributed by atoms with van der Waals surface area (Å²) in [5.74, 6) is 2.00. The van der Waals surface area contributed by atoms with E-state index in [1.165, 1.54) is 5.82 Å². The van der Waals surface area contributed by atoms with Crippen molar-refractivity contribution in [2.75, 3.05) is 7.11 Å². The summed E-state index contributed by atoms with van der Waals surface area (Å²) in [5.41, 5.74) is 0. The van der Waals surface area contributed by atoms with Crippen LogP contribution >= 0.6 is 23.4 Å². The number of imidazole rings is 1. The quantitative estimate of drug-likeness (QED) is 0.625. The highest BCUT2D eigenvalue weighted by Gasteiger charge is 2.22. The third-order valence-electron chi connectivity index (χ3n) is 3.05. The van der Waals surface area contributed by atoms with Gasteiger partial charge in [0.25, 0.3) is 0 Å². The Morgan fingerprint density at radius 1 is 1.67 bits per heavy atom. The maximum absolute atomic E-state index is 6.04. The van der Waals surface area contributed by atoms with Gasteiger partial charge in [0.2, 0.25) is 0 Å². The van der Waals surface area contributed by atoms with Crippen LogP contribution in [-0.4, -0.2) is 21.9 Å². The molecule has 98 valence electrons. The second-order valence-electron chi connectivity index (χ2n) is 4.27. The summed E-state index contributed by atoms with van der Waals surface area (Å²) in [6.45, 7) is 6.69. The van der Waals surface area contributed by atoms with Crippen molar-refractivity contribution in [2.45, 2.75) is 31.6 Å². The molecule has 0 radical (unpaired) electrons. The average Bonchev–Trinajstić information content (AvgIpc) is 2.82. The van der Waals surface area contributed by atoms with Gasteiger partial charge in [-0.1, -0.05) is 18.2 Å². The van der Waals surface area contributed by atoms with Gasteiger partial charge in [0, 0.05) is 30.6 Å². The van der Waals surface area contributed by atoms with Gasteiger partial charge in [-0.05, 0) is 13.3 Å². The van der Waals surface area contributed by atoms with Gasteiger partial charge in [0.05, 0.1) is 17.0 Å². The van der Waals surface area contributed by atoms with E-state index in [0.29, 0.717) is 10.3 Å². The van der Waals surface area contributed by atoms with Crippen LogP contribution in [0.5, 0.6) is 0 Å². The van der Waals surface area contributed by atoms with E-state index in [2.05, 4.69) is 16.1 Å². The number of hydrogen-bond donors (Lipinski definition) is 0. The Bertz CT molecular complexity index is 481. The molecule has 1 atom stereocenters. The van der Waals surface area contributed by atoms with Crippen molar-refractivity contribution in [3.8, 4) is 0 Å². The Balaban J connectivity index is 2.09. The molecule has 18 heavy (non-hydrogen) atoms. The van der Waals surface area contributed by atoms with Crippen molar-refractivity contribution < 1.29 is 4.74 Å². The Morgan fingerprint density at radius 3 is 3.11 bits per heavy atom. The molecule has 0 N–H and O–H groups in total. The van der Waals surface area contributed by atoms with E-state index in [1.807, 2.05) is 19.3 Å². The molecule has 1 unspecified atom stereocenters. The number of nitrogens with zero attached hydrogens (tertiary/aromatic N) is 2. The van der Waals surface area contributed by atoms with Crippen LogP contribution in [0.2, 0.25) is 0 Å². The van der Waals surface area contributed by atoms with Crippen LogP contribution in [0.3, 0.4) is 0 Å². The van der Waals surface area contributed by atoms with Crippen molar-refractivity contribution in [2.24, 2.45) is 0 Å². The average molecular weight is 285 g/mol. The standard InChI is InChI=1S/C13H17ClN2OS/c1-9(14)13(10(2)17-3)18-11-4-5-12-15-6-7-16(12)8-11/h6-7,11H,1,4-5,8H2,2-3H3. The van der Waals surface area contributed by atoms with Gasteiger partial charge in [-0.3, -0.25) is 0 Å². The van der Waals surface area contributed by atoms with Crippen molar-refractivity contribution in [3.05, 3.63) is 40.5 Å². The highest BCUT2D eigenvalue weighted by atomic mass is 35.5. The smallest absolute Gasteiger partial charge is 0.108 e. The molecule has 3 nitrogen and oxygen atoms in total. The Kier molecular flexibility index (Phi) is 4.40. The highest BCUT2D eigenvalue weighted by molar-refractivity contribution is 8.04. The second-order valence-corrected chi connectivity index (χ2v) is 6.04. The Morgan fingerprint density at radius 2 is 2.44 bits per heavy atom. The molecule has 1 aliphatic rings. The zero-order chi connectivity index (χ0) is 13.1. The number of rotatable bonds is 4. The molecule has 0 spiro atoms. The summed E-state index contributed by atoms with van der Waals surface area (Å²) in [4.78, 5) is 5.28. The van der Waals surface area contributed by atoms with Crippen LogP contribution in [-0.2, 0) is 17.7 Å². The molecular weight excluding hydrogens is 268 g/mol. The predicted molar refractivity (Wildman–Crippen MR) is 76.6 cm³/mol. The molecule has 1 aromatic rings.